The number of hydrogen-bond donors (Lipinski definition) is 2. The van der Waals surface area contributed by atoms with Gasteiger partial charge in [-0.3, -0.25) is 4.79 Å². The molecule has 0 aliphatic carbocycles. The number of nitrogens with one attached hydrogen (secondary N) is 1. The highest BCUT2D eigenvalue weighted by atomic mass is 35.5. The van der Waals surface area contributed by atoms with Crippen LogP contribution in [-0.2, 0) is 4.79 Å². The molecular weight excluding hydrogens is 280 g/mol. The molecule has 0 spiro atoms. The number of aromatic carboxylic acids is 1. The summed E-state index contributed by atoms with van der Waals surface area (Å²) in [6.07, 6.45) is 1.75. The molecule has 6 heteroatoms. The Kier molecular flexibility index (Phi) is 4.49. The molecule has 2 N–H and O–H groups in total. The zero-order valence-corrected chi connectivity index (χ0v) is 12.0. The van der Waals surface area contributed by atoms with E-state index < -0.39 is 5.97 Å². The summed E-state index contributed by atoms with van der Waals surface area (Å²) < 4.78 is 0. The fourth-order valence-electron chi connectivity index (χ4n) is 2.44. The van der Waals surface area contributed by atoms with Gasteiger partial charge in [0.1, 0.15) is 0 Å². The predicted octanol–water partition coefficient (Wildman–Crippen LogP) is 2.14. The lowest BCUT2D eigenvalue weighted by Crippen LogP contribution is -2.44. The minimum absolute atomic E-state index is 0.00249. The van der Waals surface area contributed by atoms with Crippen LogP contribution in [0.1, 0.15) is 30.1 Å². The molecule has 108 valence electrons. The van der Waals surface area contributed by atoms with Crippen molar-refractivity contribution in [1.29, 1.82) is 0 Å². The van der Waals surface area contributed by atoms with Crippen LogP contribution in [0, 0.1) is 0 Å². The van der Waals surface area contributed by atoms with Crippen LogP contribution in [-0.4, -0.2) is 36.1 Å². The van der Waals surface area contributed by atoms with Crippen molar-refractivity contribution < 1.29 is 14.7 Å². The van der Waals surface area contributed by atoms with E-state index in [1.54, 1.807) is 12.1 Å². The number of carboxylic acid groups (broad SMARTS) is 1. The summed E-state index contributed by atoms with van der Waals surface area (Å²) in [5, 5.41) is 12.1. The Morgan fingerprint density at radius 1 is 1.35 bits per heavy atom. The summed E-state index contributed by atoms with van der Waals surface area (Å²) in [6.45, 7) is 3.15. The maximum absolute atomic E-state index is 11.0. The second-order valence-electron chi connectivity index (χ2n) is 4.93. The van der Waals surface area contributed by atoms with Gasteiger partial charge in [0.15, 0.2) is 0 Å². The third kappa shape index (κ3) is 3.42. The fourth-order valence-corrected chi connectivity index (χ4v) is 2.70. The number of carbonyl (C=O) groups excluding carboxylic acids is 1. The van der Waals surface area contributed by atoms with E-state index in [-0.39, 0.29) is 22.5 Å². The molecule has 1 fully saturated rings. The largest absolute Gasteiger partial charge is 0.478 e. The number of benzene rings is 1. The first-order valence-electron chi connectivity index (χ1n) is 6.52. The Morgan fingerprint density at radius 2 is 2.00 bits per heavy atom. The topological polar surface area (TPSA) is 69.6 Å². The molecule has 2 rings (SSSR count). The zero-order chi connectivity index (χ0) is 14.7. The van der Waals surface area contributed by atoms with Crippen LogP contribution in [0.2, 0.25) is 5.02 Å². The van der Waals surface area contributed by atoms with Crippen LogP contribution in [0.3, 0.4) is 0 Å². The summed E-state index contributed by atoms with van der Waals surface area (Å²) in [7, 11) is 0. The van der Waals surface area contributed by atoms with Gasteiger partial charge in [-0.1, -0.05) is 11.6 Å². The first-order valence-corrected chi connectivity index (χ1v) is 6.90. The van der Waals surface area contributed by atoms with E-state index in [1.807, 2.05) is 0 Å². The van der Waals surface area contributed by atoms with E-state index in [0.717, 1.165) is 31.6 Å². The SMILES string of the molecule is CC(=O)NC1CCN(c2ccc(C(=O)O)c(Cl)c2)CC1. The predicted molar refractivity (Wildman–Crippen MR) is 77.5 cm³/mol. The molecule has 0 radical (unpaired) electrons. The smallest absolute Gasteiger partial charge is 0.337 e. The molecule has 0 aromatic heterocycles. The Morgan fingerprint density at radius 3 is 2.50 bits per heavy atom. The van der Waals surface area contributed by atoms with Crippen molar-refractivity contribution >= 4 is 29.2 Å². The normalized spacial score (nSPS) is 16.0. The number of carboxylic acids is 1. The molecule has 0 unspecified atom stereocenters. The van der Waals surface area contributed by atoms with Crippen LogP contribution in [0.4, 0.5) is 5.69 Å². The third-order valence-corrected chi connectivity index (χ3v) is 3.76. The van der Waals surface area contributed by atoms with E-state index in [9.17, 15) is 9.59 Å². The highest BCUT2D eigenvalue weighted by Gasteiger charge is 2.20. The summed E-state index contributed by atoms with van der Waals surface area (Å²) in [4.78, 5) is 24.1. The van der Waals surface area contributed by atoms with Crippen molar-refractivity contribution in [3.63, 3.8) is 0 Å². The lowest BCUT2D eigenvalue weighted by atomic mass is 10.0. The number of hydrogen-bond acceptors (Lipinski definition) is 3. The maximum atomic E-state index is 11.0. The Labute approximate surface area is 122 Å². The number of nitrogens with zero attached hydrogens (tertiary/aromatic N) is 1. The first-order chi connectivity index (χ1) is 9.47. The minimum atomic E-state index is -1.02. The molecule has 0 saturated carbocycles. The van der Waals surface area contributed by atoms with Crippen molar-refractivity contribution in [2.24, 2.45) is 0 Å². The maximum Gasteiger partial charge on any atom is 0.337 e. The van der Waals surface area contributed by atoms with Crippen LogP contribution in [0.25, 0.3) is 0 Å². The van der Waals surface area contributed by atoms with Gasteiger partial charge in [-0.05, 0) is 31.0 Å². The lowest BCUT2D eigenvalue weighted by Gasteiger charge is -2.34. The zero-order valence-electron chi connectivity index (χ0n) is 11.2. The quantitative estimate of drug-likeness (QED) is 0.896. The summed E-state index contributed by atoms with van der Waals surface area (Å²) >= 11 is 5.98. The average molecular weight is 297 g/mol. The van der Waals surface area contributed by atoms with Crippen LogP contribution < -0.4 is 10.2 Å². The highest BCUT2D eigenvalue weighted by Crippen LogP contribution is 2.26. The van der Waals surface area contributed by atoms with Gasteiger partial charge in [0.2, 0.25) is 5.91 Å². The van der Waals surface area contributed by atoms with Crippen LogP contribution in [0.5, 0.6) is 0 Å². The molecule has 0 atom stereocenters. The average Bonchev–Trinajstić information content (AvgIpc) is 2.38. The molecular formula is C14H17ClN2O3. The number of piperidine rings is 1. The summed E-state index contributed by atoms with van der Waals surface area (Å²) in [5.74, 6) is -1.02. The van der Waals surface area contributed by atoms with Crippen LogP contribution in [0.15, 0.2) is 18.2 Å². The third-order valence-electron chi connectivity index (χ3n) is 3.45. The van der Waals surface area contributed by atoms with Gasteiger partial charge >= 0.3 is 5.97 Å². The van der Waals surface area contributed by atoms with Gasteiger partial charge < -0.3 is 15.3 Å². The van der Waals surface area contributed by atoms with Gasteiger partial charge in [0, 0.05) is 31.7 Å². The molecule has 1 aliphatic rings. The molecule has 0 bridgehead atoms. The monoisotopic (exact) mass is 296 g/mol. The van der Waals surface area contributed by atoms with Gasteiger partial charge in [0.25, 0.3) is 0 Å². The first kappa shape index (κ1) is 14.7. The molecule has 5 nitrogen and oxygen atoms in total. The lowest BCUT2D eigenvalue weighted by molar-refractivity contribution is -0.119. The number of anilines is 1. The fraction of sp³-hybridized carbons (Fsp3) is 0.429. The number of carbonyl (C=O) groups is 2. The molecule has 1 heterocycles. The second kappa shape index (κ2) is 6.13. The molecule has 1 amide bonds. The standard InChI is InChI=1S/C14H17ClN2O3/c1-9(18)16-10-4-6-17(7-5-10)11-2-3-12(14(19)20)13(15)8-11/h2-3,8,10H,4-7H2,1H3,(H,16,18)(H,19,20). The number of amides is 1. The van der Waals surface area contributed by atoms with Crippen molar-refractivity contribution in [2.45, 2.75) is 25.8 Å². The van der Waals surface area contributed by atoms with Crippen molar-refractivity contribution in [2.75, 3.05) is 18.0 Å². The Balaban J connectivity index is 2.02. The Bertz CT molecular complexity index is 525. The number of rotatable bonds is 3. The van der Waals surface area contributed by atoms with Gasteiger partial charge in [-0.15, -0.1) is 0 Å². The van der Waals surface area contributed by atoms with Crippen molar-refractivity contribution in [3.8, 4) is 0 Å². The Hall–Kier alpha value is -1.75. The van der Waals surface area contributed by atoms with E-state index >= 15 is 0 Å². The van der Waals surface area contributed by atoms with Gasteiger partial charge in [0.05, 0.1) is 10.6 Å². The number of halogens is 1. The van der Waals surface area contributed by atoms with E-state index in [0.29, 0.717) is 0 Å². The molecule has 1 aliphatic heterocycles. The van der Waals surface area contributed by atoms with Gasteiger partial charge in [-0.2, -0.15) is 0 Å². The van der Waals surface area contributed by atoms with Gasteiger partial charge in [-0.25, -0.2) is 4.79 Å². The van der Waals surface area contributed by atoms with Crippen LogP contribution >= 0.6 is 11.6 Å². The van der Waals surface area contributed by atoms with Crippen molar-refractivity contribution in [1.82, 2.24) is 5.32 Å². The van der Waals surface area contributed by atoms with Crippen molar-refractivity contribution in [3.05, 3.63) is 28.8 Å². The minimum Gasteiger partial charge on any atom is -0.478 e. The highest BCUT2D eigenvalue weighted by molar-refractivity contribution is 6.33. The molecule has 1 saturated heterocycles. The molecule has 1 aromatic rings. The van der Waals surface area contributed by atoms with E-state index in [2.05, 4.69) is 10.2 Å². The molecule has 20 heavy (non-hydrogen) atoms. The summed E-state index contributed by atoms with van der Waals surface area (Å²) in [6, 6.07) is 5.20. The summed E-state index contributed by atoms with van der Waals surface area (Å²) in [5.41, 5.74) is 1.03. The van der Waals surface area contributed by atoms with E-state index in [1.165, 1.54) is 13.0 Å². The molecule has 1 aromatic carbocycles. The van der Waals surface area contributed by atoms with E-state index in [4.69, 9.17) is 16.7 Å². The second-order valence-corrected chi connectivity index (χ2v) is 5.34.